The molecule has 202 valence electrons. The van der Waals surface area contributed by atoms with Crippen LogP contribution in [0.4, 0.5) is 5.69 Å². The highest BCUT2D eigenvalue weighted by Gasteiger charge is 2.29. The van der Waals surface area contributed by atoms with Gasteiger partial charge in [-0.25, -0.2) is 25.9 Å². The van der Waals surface area contributed by atoms with Crippen LogP contribution in [0.3, 0.4) is 0 Å². The minimum absolute atomic E-state index is 0.0177. The molecule has 1 aromatic heterocycles. The van der Waals surface area contributed by atoms with Crippen molar-refractivity contribution < 1.29 is 21.8 Å². The number of hydrogen-bond donors (Lipinski definition) is 1. The smallest absolute Gasteiger partial charge is 0.297 e. The predicted octanol–water partition coefficient (Wildman–Crippen LogP) is 1.87. The maximum Gasteiger partial charge on any atom is 0.328 e. The number of aromatic amines is 1. The Morgan fingerprint density at radius 2 is 1.68 bits per heavy atom. The minimum atomic E-state index is -4.38. The Balaban J connectivity index is 1.55. The van der Waals surface area contributed by atoms with Gasteiger partial charge in [0.05, 0.1) is 14.7 Å². The summed E-state index contributed by atoms with van der Waals surface area (Å²) in [7, 11) is -7.18. The topological polar surface area (TPSA) is 170 Å². The maximum absolute atomic E-state index is 13.2. The predicted molar refractivity (Wildman–Crippen MR) is 137 cm³/mol. The molecule has 14 heteroatoms. The lowest BCUT2D eigenvalue weighted by molar-refractivity contribution is -0.387. The molecule has 1 aliphatic carbocycles. The van der Waals surface area contributed by atoms with Crippen LogP contribution in [0.2, 0.25) is 0 Å². The Bertz CT molecular complexity index is 1730. The Hall–Kier alpha value is -3.62. The number of para-hydroxylation sites is 1. The number of hydrogen-bond acceptors (Lipinski definition) is 8. The second kappa shape index (κ2) is 10.6. The highest BCUT2D eigenvalue weighted by Crippen LogP contribution is 2.30. The monoisotopic (exact) mass is 562 g/mol. The lowest BCUT2D eigenvalue weighted by Crippen LogP contribution is -2.37. The van der Waals surface area contributed by atoms with Gasteiger partial charge in [0.15, 0.2) is 0 Å². The Morgan fingerprint density at radius 3 is 2.42 bits per heavy atom. The molecule has 38 heavy (non-hydrogen) atoms. The lowest BCUT2D eigenvalue weighted by Gasteiger charge is -2.21. The van der Waals surface area contributed by atoms with E-state index in [0.717, 1.165) is 35.3 Å². The number of benzene rings is 2. The van der Waals surface area contributed by atoms with E-state index in [-0.39, 0.29) is 30.0 Å². The first-order valence-electron chi connectivity index (χ1n) is 11.8. The SMILES string of the molecule is CN(CCCn1c2c(c(=O)[nH]c1=O)CCCC2)S(=O)(=O)c1cccc(S(=O)(=O)c2ccccc2[N+](=O)[O-])c1. The Kier molecular flexibility index (Phi) is 7.67. The zero-order chi connectivity index (χ0) is 27.7. The van der Waals surface area contributed by atoms with Crippen molar-refractivity contribution in [3.63, 3.8) is 0 Å². The Labute approximate surface area is 218 Å². The molecule has 0 spiro atoms. The van der Waals surface area contributed by atoms with E-state index in [1.807, 2.05) is 0 Å². The average molecular weight is 563 g/mol. The number of rotatable bonds is 9. The van der Waals surface area contributed by atoms with Crippen LogP contribution < -0.4 is 11.2 Å². The summed E-state index contributed by atoms with van der Waals surface area (Å²) in [6, 6.07) is 9.49. The van der Waals surface area contributed by atoms with Crippen molar-refractivity contribution in [2.75, 3.05) is 13.6 Å². The molecule has 1 N–H and O–H groups in total. The molecule has 0 fully saturated rings. The maximum atomic E-state index is 13.2. The van der Waals surface area contributed by atoms with E-state index >= 15 is 0 Å². The molecule has 0 saturated heterocycles. The third-order valence-corrected chi connectivity index (χ3v) is 10.2. The third-order valence-electron chi connectivity index (χ3n) is 6.53. The molecule has 0 saturated carbocycles. The normalized spacial score (nSPS) is 13.8. The molecule has 0 aliphatic heterocycles. The van der Waals surface area contributed by atoms with Crippen molar-refractivity contribution in [2.45, 2.75) is 53.3 Å². The molecule has 0 bridgehead atoms. The standard InChI is InChI=1S/C24H26N4O8S2/c1-26(14-7-15-27-20-11-3-2-10-19(20)23(29)25-24(27)30)38(35,36)18-9-6-8-17(16-18)37(33,34)22-13-5-4-12-21(22)28(31)32/h4-6,8-9,12-13,16H,2-3,7,10-11,14-15H2,1H3,(H,25,29,30). The van der Waals surface area contributed by atoms with Crippen LogP contribution in [0.25, 0.3) is 0 Å². The van der Waals surface area contributed by atoms with Gasteiger partial charge in [0, 0.05) is 37.5 Å². The average Bonchev–Trinajstić information content (AvgIpc) is 2.90. The number of H-pyrrole nitrogens is 1. The van der Waals surface area contributed by atoms with Gasteiger partial charge >= 0.3 is 5.69 Å². The summed E-state index contributed by atoms with van der Waals surface area (Å²) in [5, 5.41) is 11.3. The molecule has 2 aromatic carbocycles. The summed E-state index contributed by atoms with van der Waals surface area (Å²) in [5.41, 5.74) is -0.250. The van der Waals surface area contributed by atoms with Gasteiger partial charge in [-0.1, -0.05) is 18.2 Å². The molecule has 12 nitrogen and oxygen atoms in total. The van der Waals surface area contributed by atoms with Crippen molar-refractivity contribution >= 4 is 25.5 Å². The number of sulfonamides is 1. The first-order valence-corrected chi connectivity index (χ1v) is 14.8. The second-order valence-electron chi connectivity index (χ2n) is 8.93. The van der Waals surface area contributed by atoms with Gasteiger partial charge < -0.3 is 0 Å². The largest absolute Gasteiger partial charge is 0.328 e. The molecule has 1 heterocycles. The number of aromatic nitrogens is 2. The van der Waals surface area contributed by atoms with E-state index in [2.05, 4.69) is 4.98 Å². The lowest BCUT2D eigenvalue weighted by atomic mass is 9.97. The van der Waals surface area contributed by atoms with Gasteiger partial charge in [-0.2, -0.15) is 0 Å². The van der Waals surface area contributed by atoms with Crippen molar-refractivity contribution in [3.05, 3.63) is 90.7 Å². The first-order chi connectivity index (χ1) is 17.9. The van der Waals surface area contributed by atoms with Crippen LogP contribution in [-0.2, 0) is 39.2 Å². The van der Waals surface area contributed by atoms with Crippen molar-refractivity contribution in [1.29, 1.82) is 0 Å². The number of nitrogens with one attached hydrogen (secondary N) is 1. The zero-order valence-corrected chi connectivity index (χ0v) is 22.1. The summed E-state index contributed by atoms with van der Waals surface area (Å²) in [6.45, 7) is 0.216. The summed E-state index contributed by atoms with van der Waals surface area (Å²) in [6.07, 6.45) is 3.17. The van der Waals surface area contributed by atoms with Gasteiger partial charge in [0.1, 0.15) is 4.90 Å². The van der Waals surface area contributed by atoms with Gasteiger partial charge in [-0.3, -0.25) is 24.5 Å². The number of fused-ring (bicyclic) bond motifs is 1. The first kappa shape index (κ1) is 27.4. The number of nitrogens with zero attached hydrogens (tertiary/aromatic N) is 3. The highest BCUT2D eigenvalue weighted by atomic mass is 32.2. The summed E-state index contributed by atoms with van der Waals surface area (Å²) in [4.78, 5) is 36.1. The van der Waals surface area contributed by atoms with E-state index in [4.69, 9.17) is 0 Å². The van der Waals surface area contributed by atoms with E-state index in [1.165, 1.54) is 41.9 Å². The molecule has 0 amide bonds. The number of sulfone groups is 1. The fourth-order valence-electron chi connectivity index (χ4n) is 4.55. The van der Waals surface area contributed by atoms with Gasteiger partial charge in [0.25, 0.3) is 11.2 Å². The van der Waals surface area contributed by atoms with Gasteiger partial charge in [-0.15, -0.1) is 0 Å². The zero-order valence-electron chi connectivity index (χ0n) is 20.5. The molecule has 0 unspecified atom stereocenters. The van der Waals surface area contributed by atoms with Crippen LogP contribution in [0, 0.1) is 10.1 Å². The van der Waals surface area contributed by atoms with Gasteiger partial charge in [-0.05, 0) is 56.4 Å². The third kappa shape index (κ3) is 5.19. The van der Waals surface area contributed by atoms with E-state index in [1.54, 1.807) is 0 Å². The number of nitro benzene ring substituents is 1. The van der Waals surface area contributed by atoms with Crippen molar-refractivity contribution in [1.82, 2.24) is 13.9 Å². The van der Waals surface area contributed by atoms with E-state index < -0.39 is 46.0 Å². The molecule has 3 aromatic rings. The van der Waals surface area contributed by atoms with E-state index in [9.17, 15) is 36.5 Å². The fraction of sp³-hybridized carbons (Fsp3) is 0.333. The highest BCUT2D eigenvalue weighted by molar-refractivity contribution is 7.92. The molecular weight excluding hydrogens is 536 g/mol. The summed E-state index contributed by atoms with van der Waals surface area (Å²) >= 11 is 0. The quantitative estimate of drug-likeness (QED) is 0.304. The molecular formula is C24H26N4O8S2. The number of nitro groups is 1. The van der Waals surface area contributed by atoms with Crippen LogP contribution in [0.1, 0.15) is 30.5 Å². The van der Waals surface area contributed by atoms with Crippen LogP contribution in [-0.4, -0.2) is 49.2 Å². The van der Waals surface area contributed by atoms with Crippen LogP contribution >= 0.6 is 0 Å². The summed E-state index contributed by atoms with van der Waals surface area (Å²) < 4.78 is 55.2. The van der Waals surface area contributed by atoms with Crippen molar-refractivity contribution in [2.24, 2.45) is 0 Å². The molecule has 0 atom stereocenters. The Morgan fingerprint density at radius 1 is 1.00 bits per heavy atom. The molecule has 0 radical (unpaired) electrons. The molecule has 4 rings (SSSR count). The second-order valence-corrected chi connectivity index (χ2v) is 12.9. The van der Waals surface area contributed by atoms with Gasteiger partial charge in [0.2, 0.25) is 19.9 Å². The molecule has 1 aliphatic rings. The van der Waals surface area contributed by atoms with E-state index in [0.29, 0.717) is 24.1 Å². The summed E-state index contributed by atoms with van der Waals surface area (Å²) in [5.74, 6) is 0. The van der Waals surface area contributed by atoms with Crippen LogP contribution in [0.15, 0.2) is 72.8 Å². The minimum Gasteiger partial charge on any atom is -0.297 e. The van der Waals surface area contributed by atoms with Crippen molar-refractivity contribution in [3.8, 4) is 0 Å². The fourth-order valence-corrected chi connectivity index (χ4v) is 7.35. The van der Waals surface area contributed by atoms with Crippen LogP contribution in [0.5, 0.6) is 0 Å².